The largest absolute Gasteiger partial charge is 0.493 e. The number of nitrogens with one attached hydrogen (secondary N) is 2. The minimum Gasteiger partial charge on any atom is -0.493 e. The third-order valence-corrected chi connectivity index (χ3v) is 4.60. The molecule has 1 heterocycles. The summed E-state index contributed by atoms with van der Waals surface area (Å²) in [5.41, 5.74) is 2.36. The SMILES string of the molecule is O=C(CNCc1cc(Br)cc2c1OCC2)NC1CCCC1. The molecule has 0 atom stereocenters. The Morgan fingerprint density at radius 1 is 1.33 bits per heavy atom. The Bertz CT molecular complexity index is 527. The van der Waals surface area contributed by atoms with E-state index in [1.165, 1.54) is 18.4 Å². The summed E-state index contributed by atoms with van der Waals surface area (Å²) >= 11 is 3.53. The normalized spacial score (nSPS) is 17.6. The van der Waals surface area contributed by atoms with Crippen molar-refractivity contribution in [2.45, 2.75) is 44.7 Å². The van der Waals surface area contributed by atoms with Crippen LogP contribution in [0.15, 0.2) is 16.6 Å². The summed E-state index contributed by atoms with van der Waals surface area (Å²) in [7, 11) is 0. The maximum Gasteiger partial charge on any atom is 0.234 e. The summed E-state index contributed by atoms with van der Waals surface area (Å²) in [6, 6.07) is 4.56. The van der Waals surface area contributed by atoms with Gasteiger partial charge in [0.2, 0.25) is 5.91 Å². The summed E-state index contributed by atoms with van der Waals surface area (Å²) in [5.74, 6) is 1.08. The van der Waals surface area contributed by atoms with E-state index in [1.807, 2.05) is 0 Å². The first kappa shape index (κ1) is 14.9. The number of hydrogen-bond acceptors (Lipinski definition) is 3. The highest BCUT2D eigenvalue weighted by atomic mass is 79.9. The minimum absolute atomic E-state index is 0.0921. The van der Waals surface area contributed by atoms with Crippen molar-refractivity contribution in [3.05, 3.63) is 27.7 Å². The van der Waals surface area contributed by atoms with Crippen LogP contribution in [-0.4, -0.2) is 25.1 Å². The second kappa shape index (κ2) is 6.79. The summed E-state index contributed by atoms with van der Waals surface area (Å²) in [4.78, 5) is 11.9. The van der Waals surface area contributed by atoms with Crippen LogP contribution in [0.2, 0.25) is 0 Å². The first-order valence-electron chi connectivity index (χ1n) is 7.66. The zero-order valence-corrected chi connectivity index (χ0v) is 13.7. The molecule has 114 valence electrons. The Balaban J connectivity index is 1.50. The summed E-state index contributed by atoms with van der Waals surface area (Å²) in [5, 5.41) is 6.31. The summed E-state index contributed by atoms with van der Waals surface area (Å²) in [6.45, 7) is 1.76. The van der Waals surface area contributed by atoms with Crippen LogP contribution < -0.4 is 15.4 Å². The Kier molecular flexibility index (Phi) is 4.80. The van der Waals surface area contributed by atoms with Gasteiger partial charge in [0.25, 0.3) is 0 Å². The van der Waals surface area contributed by atoms with E-state index in [9.17, 15) is 4.79 Å². The van der Waals surface area contributed by atoms with Crippen LogP contribution in [0, 0.1) is 0 Å². The molecule has 2 N–H and O–H groups in total. The predicted octanol–water partition coefficient (Wildman–Crippen LogP) is 2.53. The number of ether oxygens (including phenoxy) is 1. The first-order chi connectivity index (χ1) is 10.2. The Morgan fingerprint density at radius 2 is 2.14 bits per heavy atom. The van der Waals surface area contributed by atoms with E-state index in [2.05, 4.69) is 38.7 Å². The molecule has 1 aliphatic carbocycles. The van der Waals surface area contributed by atoms with Gasteiger partial charge in [-0.1, -0.05) is 28.8 Å². The molecule has 4 nitrogen and oxygen atoms in total. The van der Waals surface area contributed by atoms with Crippen molar-refractivity contribution in [1.82, 2.24) is 10.6 Å². The number of carbonyl (C=O) groups excluding carboxylic acids is 1. The molecule has 0 bridgehead atoms. The van der Waals surface area contributed by atoms with E-state index in [-0.39, 0.29) is 5.91 Å². The molecule has 0 spiro atoms. The summed E-state index contributed by atoms with van der Waals surface area (Å²) < 4.78 is 6.76. The fourth-order valence-corrected chi connectivity index (χ4v) is 3.69. The Labute approximate surface area is 133 Å². The highest BCUT2D eigenvalue weighted by molar-refractivity contribution is 9.10. The molecular weight excluding hydrogens is 332 g/mol. The molecule has 3 rings (SSSR count). The number of carbonyl (C=O) groups is 1. The standard InChI is InChI=1S/C16H21BrN2O2/c17-13-7-11-5-6-21-16(11)12(8-13)9-18-10-15(20)19-14-3-1-2-4-14/h7-8,14,18H,1-6,9-10H2,(H,19,20). The third kappa shape index (κ3) is 3.77. The van der Waals surface area contributed by atoms with E-state index in [0.29, 0.717) is 19.1 Å². The van der Waals surface area contributed by atoms with Gasteiger partial charge in [-0.3, -0.25) is 4.79 Å². The highest BCUT2D eigenvalue weighted by Gasteiger charge is 2.18. The number of benzene rings is 1. The number of rotatable bonds is 5. The molecule has 1 aromatic carbocycles. The zero-order valence-electron chi connectivity index (χ0n) is 12.1. The lowest BCUT2D eigenvalue weighted by molar-refractivity contribution is -0.120. The van der Waals surface area contributed by atoms with Crippen molar-refractivity contribution < 1.29 is 9.53 Å². The molecule has 1 saturated carbocycles. The van der Waals surface area contributed by atoms with Gasteiger partial charge in [0.1, 0.15) is 5.75 Å². The molecule has 0 radical (unpaired) electrons. The Morgan fingerprint density at radius 3 is 2.95 bits per heavy atom. The third-order valence-electron chi connectivity index (χ3n) is 4.15. The van der Waals surface area contributed by atoms with Crippen LogP contribution in [0.4, 0.5) is 0 Å². The highest BCUT2D eigenvalue weighted by Crippen LogP contribution is 2.32. The van der Waals surface area contributed by atoms with Gasteiger partial charge in [-0.15, -0.1) is 0 Å². The van der Waals surface area contributed by atoms with Gasteiger partial charge in [0, 0.05) is 29.0 Å². The zero-order chi connectivity index (χ0) is 14.7. The molecule has 5 heteroatoms. The van der Waals surface area contributed by atoms with Gasteiger partial charge in [-0.2, -0.15) is 0 Å². The molecule has 0 saturated heterocycles. The average molecular weight is 353 g/mol. The second-order valence-corrected chi connectivity index (χ2v) is 6.72. The van der Waals surface area contributed by atoms with Crippen LogP contribution in [0.1, 0.15) is 36.8 Å². The molecule has 1 aliphatic heterocycles. The number of hydrogen-bond donors (Lipinski definition) is 2. The molecule has 0 aromatic heterocycles. The lowest BCUT2D eigenvalue weighted by atomic mass is 10.1. The van der Waals surface area contributed by atoms with Crippen LogP contribution >= 0.6 is 15.9 Å². The van der Waals surface area contributed by atoms with Gasteiger partial charge in [0.05, 0.1) is 13.2 Å². The van der Waals surface area contributed by atoms with Crippen molar-refractivity contribution in [3.8, 4) is 5.75 Å². The number of fused-ring (bicyclic) bond motifs is 1. The quantitative estimate of drug-likeness (QED) is 0.855. The molecule has 1 fully saturated rings. The number of amides is 1. The van der Waals surface area contributed by atoms with Crippen molar-refractivity contribution in [3.63, 3.8) is 0 Å². The molecular formula is C16H21BrN2O2. The monoisotopic (exact) mass is 352 g/mol. The van der Waals surface area contributed by atoms with Crippen LogP contribution in [0.5, 0.6) is 5.75 Å². The van der Waals surface area contributed by atoms with Gasteiger partial charge < -0.3 is 15.4 Å². The van der Waals surface area contributed by atoms with Crippen molar-refractivity contribution in [2.24, 2.45) is 0 Å². The van der Waals surface area contributed by atoms with Gasteiger partial charge >= 0.3 is 0 Å². The molecule has 2 aliphatic rings. The van der Waals surface area contributed by atoms with E-state index >= 15 is 0 Å². The van der Waals surface area contributed by atoms with Gasteiger partial charge in [0.15, 0.2) is 0 Å². The molecule has 1 amide bonds. The van der Waals surface area contributed by atoms with Crippen molar-refractivity contribution >= 4 is 21.8 Å². The summed E-state index contributed by atoms with van der Waals surface area (Å²) in [6.07, 6.45) is 5.68. The van der Waals surface area contributed by atoms with Crippen LogP contribution in [0.25, 0.3) is 0 Å². The van der Waals surface area contributed by atoms with Crippen LogP contribution in [0.3, 0.4) is 0 Å². The first-order valence-corrected chi connectivity index (χ1v) is 8.46. The minimum atomic E-state index is 0.0921. The van der Waals surface area contributed by atoms with Crippen molar-refractivity contribution in [2.75, 3.05) is 13.2 Å². The molecule has 21 heavy (non-hydrogen) atoms. The van der Waals surface area contributed by atoms with Crippen LogP contribution in [-0.2, 0) is 17.8 Å². The van der Waals surface area contributed by atoms with Crippen molar-refractivity contribution in [1.29, 1.82) is 0 Å². The lowest BCUT2D eigenvalue weighted by Crippen LogP contribution is -2.38. The van der Waals surface area contributed by atoms with E-state index < -0.39 is 0 Å². The average Bonchev–Trinajstić information content (AvgIpc) is 3.09. The second-order valence-electron chi connectivity index (χ2n) is 5.80. The van der Waals surface area contributed by atoms with E-state index in [4.69, 9.17) is 4.74 Å². The molecule has 0 unspecified atom stereocenters. The maximum absolute atomic E-state index is 11.9. The number of halogens is 1. The lowest BCUT2D eigenvalue weighted by Gasteiger charge is -2.13. The maximum atomic E-state index is 11.9. The van der Waals surface area contributed by atoms with Gasteiger partial charge in [-0.25, -0.2) is 0 Å². The smallest absolute Gasteiger partial charge is 0.234 e. The van der Waals surface area contributed by atoms with E-state index in [1.54, 1.807) is 0 Å². The fourth-order valence-electron chi connectivity index (χ4n) is 3.14. The van der Waals surface area contributed by atoms with E-state index in [0.717, 1.165) is 41.7 Å². The Hall–Kier alpha value is -1.07. The van der Waals surface area contributed by atoms with Gasteiger partial charge in [-0.05, 0) is 30.5 Å². The fraction of sp³-hybridized carbons (Fsp3) is 0.562. The predicted molar refractivity (Wildman–Crippen MR) is 85.4 cm³/mol. The topological polar surface area (TPSA) is 50.4 Å². The molecule has 1 aromatic rings.